The average molecular weight is 379 g/mol. The van der Waals surface area contributed by atoms with Crippen LogP contribution < -0.4 is 9.64 Å². The van der Waals surface area contributed by atoms with E-state index in [4.69, 9.17) is 4.74 Å². The van der Waals surface area contributed by atoms with Gasteiger partial charge in [0.1, 0.15) is 11.6 Å². The van der Waals surface area contributed by atoms with Crippen molar-refractivity contribution in [3.05, 3.63) is 53.6 Å². The summed E-state index contributed by atoms with van der Waals surface area (Å²) in [5.41, 5.74) is 4.07. The SMILES string of the molecule is CC(O)c1cn2cc(N3CCN(Cc4ccc5c(c4)OCC5)CC3)ncc2n1. The average Bonchev–Trinajstić information content (AvgIpc) is 3.34. The summed E-state index contributed by atoms with van der Waals surface area (Å²) in [7, 11) is 0. The molecule has 7 nitrogen and oxygen atoms in total. The molecule has 0 aliphatic carbocycles. The lowest BCUT2D eigenvalue weighted by molar-refractivity contribution is 0.195. The van der Waals surface area contributed by atoms with E-state index in [-0.39, 0.29) is 0 Å². The molecule has 4 heterocycles. The zero-order chi connectivity index (χ0) is 19.1. The first-order valence-electron chi connectivity index (χ1n) is 9.90. The summed E-state index contributed by atoms with van der Waals surface area (Å²) in [6.45, 7) is 7.37. The molecular formula is C21H25N5O2. The minimum Gasteiger partial charge on any atom is -0.493 e. The van der Waals surface area contributed by atoms with E-state index in [1.807, 2.05) is 16.8 Å². The van der Waals surface area contributed by atoms with Crippen molar-refractivity contribution in [2.75, 3.05) is 37.7 Å². The number of anilines is 1. The van der Waals surface area contributed by atoms with Crippen molar-refractivity contribution in [1.82, 2.24) is 19.3 Å². The first kappa shape index (κ1) is 17.5. The summed E-state index contributed by atoms with van der Waals surface area (Å²) in [6, 6.07) is 6.64. The van der Waals surface area contributed by atoms with E-state index in [1.165, 1.54) is 11.1 Å². The molecule has 7 heteroatoms. The Morgan fingerprint density at radius 3 is 2.86 bits per heavy atom. The highest BCUT2D eigenvalue weighted by atomic mass is 16.5. The Hall–Kier alpha value is -2.64. The molecule has 1 atom stereocenters. The largest absolute Gasteiger partial charge is 0.493 e. The second-order valence-corrected chi connectivity index (χ2v) is 7.66. The van der Waals surface area contributed by atoms with Crippen molar-refractivity contribution < 1.29 is 9.84 Å². The maximum absolute atomic E-state index is 9.72. The number of ether oxygens (including phenoxy) is 1. The number of imidazole rings is 1. The maximum atomic E-state index is 9.72. The van der Waals surface area contributed by atoms with Crippen molar-refractivity contribution in [3.63, 3.8) is 0 Å². The Kier molecular flexibility index (Phi) is 4.41. The summed E-state index contributed by atoms with van der Waals surface area (Å²) in [4.78, 5) is 13.8. The van der Waals surface area contributed by atoms with E-state index in [0.29, 0.717) is 5.69 Å². The first-order valence-corrected chi connectivity index (χ1v) is 9.90. The Morgan fingerprint density at radius 1 is 1.18 bits per heavy atom. The van der Waals surface area contributed by atoms with Gasteiger partial charge in [0.25, 0.3) is 0 Å². The van der Waals surface area contributed by atoms with Crippen molar-refractivity contribution in [2.24, 2.45) is 0 Å². The second kappa shape index (κ2) is 7.07. The van der Waals surface area contributed by atoms with Gasteiger partial charge in [0.15, 0.2) is 5.65 Å². The minimum atomic E-state index is -0.573. The molecule has 0 bridgehead atoms. The van der Waals surface area contributed by atoms with E-state index in [1.54, 1.807) is 13.1 Å². The van der Waals surface area contributed by atoms with Crippen LogP contribution in [0.1, 0.15) is 29.8 Å². The van der Waals surface area contributed by atoms with Gasteiger partial charge in [0, 0.05) is 45.3 Å². The molecule has 28 heavy (non-hydrogen) atoms. The van der Waals surface area contributed by atoms with Crippen LogP contribution in [0.15, 0.2) is 36.8 Å². The highest BCUT2D eigenvalue weighted by Gasteiger charge is 2.20. The summed E-state index contributed by atoms with van der Waals surface area (Å²) < 4.78 is 7.64. The first-order chi connectivity index (χ1) is 13.7. The molecule has 5 rings (SSSR count). The molecule has 1 N–H and O–H groups in total. The molecule has 146 valence electrons. The monoisotopic (exact) mass is 379 g/mol. The number of aliphatic hydroxyl groups is 1. The highest BCUT2D eigenvalue weighted by molar-refractivity contribution is 5.46. The highest BCUT2D eigenvalue weighted by Crippen LogP contribution is 2.27. The number of aromatic nitrogens is 3. The molecule has 0 spiro atoms. The third-order valence-electron chi connectivity index (χ3n) is 5.64. The van der Waals surface area contributed by atoms with Gasteiger partial charge in [-0.15, -0.1) is 0 Å². The Morgan fingerprint density at radius 2 is 2.04 bits per heavy atom. The van der Waals surface area contributed by atoms with Crippen molar-refractivity contribution in [1.29, 1.82) is 0 Å². The van der Waals surface area contributed by atoms with Crippen LogP contribution in [-0.2, 0) is 13.0 Å². The molecule has 3 aromatic rings. The van der Waals surface area contributed by atoms with E-state index >= 15 is 0 Å². The van der Waals surface area contributed by atoms with Gasteiger partial charge in [0.2, 0.25) is 0 Å². The second-order valence-electron chi connectivity index (χ2n) is 7.66. The minimum absolute atomic E-state index is 0.573. The zero-order valence-corrected chi connectivity index (χ0v) is 16.1. The van der Waals surface area contributed by atoms with Gasteiger partial charge in [0.05, 0.1) is 30.8 Å². The number of fused-ring (bicyclic) bond motifs is 2. The van der Waals surface area contributed by atoms with Crippen LogP contribution in [0.25, 0.3) is 5.65 Å². The number of nitrogens with zero attached hydrogens (tertiary/aromatic N) is 5. The molecule has 2 aromatic heterocycles. The Labute approximate surface area is 164 Å². The zero-order valence-electron chi connectivity index (χ0n) is 16.1. The molecule has 0 amide bonds. The van der Waals surface area contributed by atoms with E-state index in [0.717, 1.165) is 63.0 Å². The Balaban J connectivity index is 1.23. The van der Waals surface area contributed by atoms with Crippen molar-refractivity contribution in [2.45, 2.75) is 26.0 Å². The van der Waals surface area contributed by atoms with Crippen LogP contribution in [0, 0.1) is 0 Å². The van der Waals surface area contributed by atoms with Crippen molar-refractivity contribution >= 4 is 11.5 Å². The summed E-state index contributed by atoms with van der Waals surface area (Å²) in [5.74, 6) is 2.01. The topological polar surface area (TPSA) is 66.1 Å². The van der Waals surface area contributed by atoms with Gasteiger partial charge in [-0.25, -0.2) is 9.97 Å². The van der Waals surface area contributed by atoms with Gasteiger partial charge < -0.3 is 19.1 Å². The molecule has 1 unspecified atom stereocenters. The predicted molar refractivity (Wildman–Crippen MR) is 107 cm³/mol. The number of hydrogen-bond acceptors (Lipinski definition) is 6. The fraction of sp³-hybridized carbons (Fsp3) is 0.429. The number of benzene rings is 1. The molecule has 2 aliphatic heterocycles. The summed E-state index contributed by atoms with van der Waals surface area (Å²) in [6.07, 6.45) is 6.11. The third kappa shape index (κ3) is 3.31. The van der Waals surface area contributed by atoms with Crippen LogP contribution in [0.5, 0.6) is 5.75 Å². The molecule has 2 aliphatic rings. The van der Waals surface area contributed by atoms with Crippen LogP contribution in [0.4, 0.5) is 5.82 Å². The lowest BCUT2D eigenvalue weighted by atomic mass is 10.1. The van der Waals surface area contributed by atoms with Crippen LogP contribution in [-0.4, -0.2) is 57.2 Å². The van der Waals surface area contributed by atoms with Gasteiger partial charge in [-0.05, 0) is 24.1 Å². The lowest BCUT2D eigenvalue weighted by Crippen LogP contribution is -2.46. The quantitative estimate of drug-likeness (QED) is 0.748. The van der Waals surface area contributed by atoms with Gasteiger partial charge in [-0.3, -0.25) is 4.90 Å². The standard InChI is InChI=1S/C21H25N5O2/c1-15(27)18-13-26-14-21(22-11-20(26)23-18)25-7-5-24(6-8-25)12-16-2-3-17-4-9-28-19(17)10-16/h2-3,10-11,13-15,27H,4-9,12H2,1H3. The van der Waals surface area contributed by atoms with E-state index in [9.17, 15) is 5.11 Å². The Bertz CT molecular complexity index is 992. The van der Waals surface area contributed by atoms with E-state index < -0.39 is 6.10 Å². The number of hydrogen-bond donors (Lipinski definition) is 1. The van der Waals surface area contributed by atoms with Gasteiger partial charge in [-0.2, -0.15) is 0 Å². The summed E-state index contributed by atoms with van der Waals surface area (Å²) >= 11 is 0. The van der Waals surface area contributed by atoms with Crippen molar-refractivity contribution in [3.8, 4) is 5.75 Å². The predicted octanol–water partition coefficient (Wildman–Crippen LogP) is 2.04. The number of aliphatic hydroxyl groups excluding tert-OH is 1. The molecule has 0 radical (unpaired) electrons. The smallest absolute Gasteiger partial charge is 0.155 e. The van der Waals surface area contributed by atoms with Crippen LogP contribution in [0.2, 0.25) is 0 Å². The number of rotatable bonds is 4. The van der Waals surface area contributed by atoms with E-state index in [2.05, 4.69) is 38.0 Å². The fourth-order valence-electron chi connectivity index (χ4n) is 3.98. The normalized spacial score (nSPS) is 18.3. The summed E-state index contributed by atoms with van der Waals surface area (Å²) in [5, 5.41) is 9.72. The number of piperazine rings is 1. The molecule has 1 fully saturated rings. The van der Waals surface area contributed by atoms with Crippen LogP contribution >= 0.6 is 0 Å². The molecule has 1 aromatic carbocycles. The fourth-order valence-corrected chi connectivity index (χ4v) is 3.98. The maximum Gasteiger partial charge on any atom is 0.155 e. The van der Waals surface area contributed by atoms with Gasteiger partial charge in [-0.1, -0.05) is 12.1 Å². The third-order valence-corrected chi connectivity index (χ3v) is 5.64. The van der Waals surface area contributed by atoms with Gasteiger partial charge >= 0.3 is 0 Å². The lowest BCUT2D eigenvalue weighted by Gasteiger charge is -2.35. The molecular weight excluding hydrogens is 354 g/mol. The molecule has 0 saturated carbocycles. The molecule has 1 saturated heterocycles. The van der Waals surface area contributed by atoms with Crippen LogP contribution in [0.3, 0.4) is 0 Å².